The molecule has 2 aromatic carbocycles. The van der Waals surface area contributed by atoms with Gasteiger partial charge in [0.1, 0.15) is 0 Å². The van der Waals surface area contributed by atoms with E-state index in [2.05, 4.69) is 53.1 Å². The van der Waals surface area contributed by atoms with Crippen molar-refractivity contribution in [1.82, 2.24) is 0 Å². The third kappa shape index (κ3) is 6.98. The van der Waals surface area contributed by atoms with E-state index >= 15 is 0 Å². The highest BCUT2D eigenvalue weighted by molar-refractivity contribution is 5.99. The van der Waals surface area contributed by atoms with Crippen molar-refractivity contribution in [1.29, 1.82) is 0 Å². The molecule has 0 amide bonds. The number of aliphatic imine (C=N–C) groups is 1. The van der Waals surface area contributed by atoms with Gasteiger partial charge in [-0.15, -0.1) is 0 Å². The molecule has 0 N–H and O–H groups in total. The lowest BCUT2D eigenvalue weighted by molar-refractivity contribution is 1.09. The summed E-state index contributed by atoms with van der Waals surface area (Å²) in [6.07, 6.45) is 5.97. The fourth-order valence-electron chi connectivity index (χ4n) is 1.83. The highest BCUT2D eigenvalue weighted by atomic mass is 14.7. The molecule has 0 bridgehead atoms. The maximum Gasteiger partial charge on any atom is 0.0979 e. The molecule has 1 nitrogen and oxygen atoms in total. The van der Waals surface area contributed by atoms with Crippen molar-refractivity contribution in [3.8, 4) is 23.8 Å². The van der Waals surface area contributed by atoms with Crippen molar-refractivity contribution in [2.24, 2.45) is 4.99 Å². The summed E-state index contributed by atoms with van der Waals surface area (Å²) >= 11 is 0. The summed E-state index contributed by atoms with van der Waals surface area (Å²) in [7, 11) is 0. The summed E-state index contributed by atoms with van der Waals surface area (Å²) in [5, 5.41) is 0. The molecule has 112 valence electrons. The number of hydrogen-bond donors (Lipinski definition) is 0. The summed E-state index contributed by atoms with van der Waals surface area (Å²) in [5.74, 6) is 9.11. The van der Waals surface area contributed by atoms with E-state index < -0.39 is 0 Å². The summed E-state index contributed by atoms with van der Waals surface area (Å²) in [6, 6.07) is 23.0. The van der Waals surface area contributed by atoms with Crippen LogP contribution in [0, 0.1) is 23.8 Å². The fraction of sp³-hybridized carbons (Fsp3) is 0.136. The van der Waals surface area contributed by atoms with Gasteiger partial charge in [0.25, 0.3) is 0 Å². The summed E-state index contributed by atoms with van der Waals surface area (Å²) in [5.41, 5.74) is 2.94. The van der Waals surface area contributed by atoms with Gasteiger partial charge in [-0.05, 0) is 37.0 Å². The molecular weight excluding hydrogens is 278 g/mol. The van der Waals surface area contributed by atoms with E-state index in [1.165, 1.54) is 5.56 Å². The zero-order chi connectivity index (χ0) is 16.2. The van der Waals surface area contributed by atoms with E-state index in [4.69, 9.17) is 0 Å². The van der Waals surface area contributed by atoms with Crippen molar-refractivity contribution >= 4 is 11.8 Å². The summed E-state index contributed by atoms with van der Waals surface area (Å²) < 4.78 is 0. The number of hydrogen-bond acceptors (Lipinski definition) is 1. The second-order valence-electron chi connectivity index (χ2n) is 4.95. The molecule has 0 saturated carbocycles. The van der Waals surface area contributed by atoms with Crippen LogP contribution in [0.3, 0.4) is 0 Å². The lowest BCUT2D eigenvalue weighted by Gasteiger charge is -1.89. The fourth-order valence-corrected chi connectivity index (χ4v) is 1.83. The normalized spacial score (nSPS) is 10.6. The molecule has 2 rings (SSSR count). The first kappa shape index (κ1) is 16.3. The maximum atomic E-state index is 4.15. The summed E-state index contributed by atoms with van der Waals surface area (Å²) in [6.45, 7) is 1.87. The first-order valence-electron chi connectivity index (χ1n) is 7.65. The van der Waals surface area contributed by atoms with Gasteiger partial charge in [-0.25, -0.2) is 0 Å². The van der Waals surface area contributed by atoms with Crippen molar-refractivity contribution < 1.29 is 0 Å². The predicted molar refractivity (Wildman–Crippen MR) is 98.9 cm³/mol. The highest BCUT2D eigenvalue weighted by Crippen LogP contribution is 2.02. The average molecular weight is 297 g/mol. The van der Waals surface area contributed by atoms with E-state index in [1.54, 1.807) is 0 Å². The molecule has 0 fully saturated rings. The number of allylic oxidation sites excluding steroid dienone is 1. The van der Waals surface area contributed by atoms with Crippen molar-refractivity contribution in [2.75, 3.05) is 0 Å². The van der Waals surface area contributed by atoms with Crippen LogP contribution >= 0.6 is 0 Å². The average Bonchev–Trinajstić information content (AvgIpc) is 2.61. The summed E-state index contributed by atoms with van der Waals surface area (Å²) in [4.78, 5) is 4.15. The Morgan fingerprint density at radius 2 is 1.70 bits per heavy atom. The quantitative estimate of drug-likeness (QED) is 0.431. The molecule has 0 aromatic heterocycles. The van der Waals surface area contributed by atoms with E-state index in [0.29, 0.717) is 0 Å². The second-order valence-corrected chi connectivity index (χ2v) is 4.95. The van der Waals surface area contributed by atoms with Crippen LogP contribution in [0.15, 0.2) is 71.7 Å². The molecule has 0 spiro atoms. The standard InChI is InChI=1S/C22H19N/c1-20(17-18-22-15-9-5-10-16-22)23-19-11-3-2-6-12-21-13-7-4-8-14-21/h4-10,12-16H,2-3H2,1H3/b12-6+,23-20?. The van der Waals surface area contributed by atoms with Gasteiger partial charge in [0.15, 0.2) is 0 Å². The Morgan fingerprint density at radius 3 is 2.43 bits per heavy atom. The second kappa shape index (κ2) is 9.82. The Kier molecular flexibility index (Phi) is 6.98. The molecule has 23 heavy (non-hydrogen) atoms. The van der Waals surface area contributed by atoms with Gasteiger partial charge in [-0.3, -0.25) is 0 Å². The van der Waals surface area contributed by atoms with Gasteiger partial charge >= 0.3 is 0 Å². The Balaban J connectivity index is 1.76. The number of benzene rings is 2. The Labute approximate surface area is 138 Å². The predicted octanol–water partition coefficient (Wildman–Crippen LogP) is 4.95. The Hall–Kier alpha value is -3.03. The number of nitrogens with zero attached hydrogens (tertiary/aromatic N) is 1. The third-order valence-corrected chi connectivity index (χ3v) is 3.01. The zero-order valence-corrected chi connectivity index (χ0v) is 13.3. The van der Waals surface area contributed by atoms with E-state index in [0.717, 1.165) is 24.1 Å². The third-order valence-electron chi connectivity index (χ3n) is 3.01. The number of unbranched alkanes of at least 4 members (excludes halogenated alkanes) is 1. The first-order valence-corrected chi connectivity index (χ1v) is 7.65. The van der Waals surface area contributed by atoms with Crippen molar-refractivity contribution in [3.05, 3.63) is 77.9 Å². The van der Waals surface area contributed by atoms with Crippen LogP contribution in [0.25, 0.3) is 6.08 Å². The largest absolute Gasteiger partial charge is 0.194 e. The zero-order valence-electron chi connectivity index (χ0n) is 13.3. The molecule has 1 heteroatoms. The van der Waals surface area contributed by atoms with Crippen LogP contribution in [0.5, 0.6) is 0 Å². The van der Waals surface area contributed by atoms with Gasteiger partial charge in [0.05, 0.1) is 5.71 Å². The van der Waals surface area contributed by atoms with E-state index in [-0.39, 0.29) is 0 Å². The van der Waals surface area contributed by atoms with Gasteiger partial charge < -0.3 is 0 Å². The van der Waals surface area contributed by atoms with Crippen LogP contribution < -0.4 is 0 Å². The lowest BCUT2D eigenvalue weighted by atomic mass is 10.2. The highest BCUT2D eigenvalue weighted by Gasteiger charge is 1.84. The van der Waals surface area contributed by atoms with Gasteiger partial charge in [0, 0.05) is 18.0 Å². The topological polar surface area (TPSA) is 12.4 Å². The molecule has 0 radical (unpaired) electrons. The molecular formula is C22H19N. The molecule has 0 heterocycles. The van der Waals surface area contributed by atoms with Crippen molar-refractivity contribution in [2.45, 2.75) is 19.8 Å². The van der Waals surface area contributed by atoms with Crippen LogP contribution in [0.4, 0.5) is 0 Å². The minimum Gasteiger partial charge on any atom is -0.194 e. The molecule has 2 aromatic rings. The van der Waals surface area contributed by atoms with Gasteiger partial charge in [-0.2, -0.15) is 4.99 Å². The van der Waals surface area contributed by atoms with Crippen molar-refractivity contribution in [3.63, 3.8) is 0 Å². The molecule has 0 aliphatic heterocycles. The molecule has 0 saturated heterocycles. The van der Waals surface area contributed by atoms with Crippen LogP contribution in [-0.4, -0.2) is 5.71 Å². The minimum atomic E-state index is 0.737. The molecule has 0 aliphatic rings. The van der Waals surface area contributed by atoms with E-state index in [1.807, 2.05) is 55.5 Å². The van der Waals surface area contributed by atoms with E-state index in [9.17, 15) is 0 Å². The maximum absolute atomic E-state index is 4.15. The van der Waals surface area contributed by atoms with Crippen LogP contribution in [0.2, 0.25) is 0 Å². The smallest absolute Gasteiger partial charge is 0.0979 e. The van der Waals surface area contributed by atoms with Gasteiger partial charge in [0.2, 0.25) is 0 Å². The minimum absolute atomic E-state index is 0.737. The Bertz CT molecular complexity index is 776. The lowest BCUT2D eigenvalue weighted by Crippen LogP contribution is -1.83. The molecule has 0 aliphatic carbocycles. The van der Waals surface area contributed by atoms with Gasteiger partial charge in [-0.1, -0.05) is 72.5 Å². The monoisotopic (exact) mass is 297 g/mol. The van der Waals surface area contributed by atoms with Crippen LogP contribution in [0.1, 0.15) is 30.9 Å². The number of rotatable bonds is 3. The molecule has 0 unspecified atom stereocenters. The Morgan fingerprint density at radius 1 is 1.00 bits per heavy atom. The van der Waals surface area contributed by atoms with Crippen LogP contribution in [-0.2, 0) is 0 Å². The SMILES string of the molecule is CC(C#Cc1ccccc1)=NC#CCC/C=C/c1ccccc1. The first-order chi connectivity index (χ1) is 11.3. The molecule has 0 atom stereocenters.